The molecule has 0 aromatic carbocycles. The zero-order valence-corrected chi connectivity index (χ0v) is 12.7. The van der Waals surface area contributed by atoms with Crippen molar-refractivity contribution in [3.05, 3.63) is 72.7 Å². The Morgan fingerprint density at radius 3 is 2.54 bits per heavy atom. The Labute approximate surface area is 137 Å². The minimum atomic E-state index is -0.515. The molecule has 0 fully saturated rings. The highest BCUT2D eigenvalue weighted by Gasteiger charge is 2.17. The second-order valence-electron chi connectivity index (χ2n) is 5.40. The van der Waals surface area contributed by atoms with Gasteiger partial charge < -0.3 is 5.73 Å². The third kappa shape index (κ3) is 2.43. The molecule has 0 bridgehead atoms. The molecular weight excluding hydrogens is 305 g/mol. The Balaban J connectivity index is 2.02. The summed E-state index contributed by atoms with van der Waals surface area (Å²) in [7, 11) is 0. The van der Waals surface area contributed by atoms with Crippen LogP contribution in [0.3, 0.4) is 0 Å². The number of fused-ring (bicyclic) bond motifs is 1. The molecule has 0 saturated heterocycles. The molecule has 0 aliphatic carbocycles. The van der Waals surface area contributed by atoms with E-state index in [1.165, 1.54) is 12.3 Å². The maximum absolute atomic E-state index is 13.2. The van der Waals surface area contributed by atoms with E-state index >= 15 is 0 Å². The van der Waals surface area contributed by atoms with Crippen LogP contribution in [0.2, 0.25) is 0 Å². The van der Waals surface area contributed by atoms with Crippen LogP contribution in [0, 0.1) is 5.95 Å². The summed E-state index contributed by atoms with van der Waals surface area (Å²) in [5, 5.41) is 4.68. The highest BCUT2D eigenvalue weighted by molar-refractivity contribution is 5.91. The number of nitrogens with zero attached hydrogens (tertiary/aromatic N) is 4. The molecule has 0 radical (unpaired) electrons. The Bertz CT molecular complexity index is 993. The Morgan fingerprint density at radius 2 is 1.83 bits per heavy atom. The first-order chi connectivity index (χ1) is 11.8. The zero-order valence-electron chi connectivity index (χ0n) is 12.7. The number of hydrogen-bond acceptors (Lipinski definition) is 4. The van der Waals surface area contributed by atoms with Crippen molar-refractivity contribution in [2.75, 3.05) is 0 Å². The zero-order chi connectivity index (χ0) is 16.5. The molecule has 0 atom stereocenters. The summed E-state index contributed by atoms with van der Waals surface area (Å²) in [6, 6.07) is 10.8. The largest absolute Gasteiger partial charge is 0.326 e. The quantitative estimate of drug-likeness (QED) is 0.589. The highest BCUT2D eigenvalue weighted by Crippen LogP contribution is 2.34. The fraction of sp³-hybridized carbons (Fsp3) is 0.0556. The number of halogens is 1. The predicted molar refractivity (Wildman–Crippen MR) is 89.5 cm³/mol. The van der Waals surface area contributed by atoms with E-state index in [4.69, 9.17) is 5.73 Å². The highest BCUT2D eigenvalue weighted by atomic mass is 19.1. The van der Waals surface area contributed by atoms with E-state index in [1.807, 2.05) is 30.5 Å². The van der Waals surface area contributed by atoms with Gasteiger partial charge in [0, 0.05) is 42.5 Å². The van der Waals surface area contributed by atoms with E-state index in [-0.39, 0.29) is 0 Å². The lowest BCUT2D eigenvalue weighted by Crippen LogP contribution is -1.98. The van der Waals surface area contributed by atoms with Gasteiger partial charge in [0.25, 0.3) is 0 Å². The van der Waals surface area contributed by atoms with Crippen molar-refractivity contribution in [3.63, 3.8) is 0 Å². The van der Waals surface area contributed by atoms with Gasteiger partial charge in [0.1, 0.15) is 5.69 Å². The van der Waals surface area contributed by atoms with Crippen LogP contribution in [0.25, 0.3) is 27.9 Å². The first-order valence-corrected chi connectivity index (χ1v) is 7.50. The van der Waals surface area contributed by atoms with Crippen LogP contribution in [0.5, 0.6) is 0 Å². The molecule has 24 heavy (non-hydrogen) atoms. The van der Waals surface area contributed by atoms with E-state index in [0.29, 0.717) is 6.54 Å². The molecule has 0 unspecified atom stereocenters. The minimum Gasteiger partial charge on any atom is -0.326 e. The Hall–Kier alpha value is -3.12. The SMILES string of the molecule is NCc1ccc2c(-c3ccncc3)c(-c3ccc(F)nc3)nn2c1. The molecule has 4 aromatic heterocycles. The van der Waals surface area contributed by atoms with Crippen molar-refractivity contribution in [2.24, 2.45) is 5.73 Å². The van der Waals surface area contributed by atoms with Crippen LogP contribution >= 0.6 is 0 Å². The Kier molecular flexibility index (Phi) is 3.51. The van der Waals surface area contributed by atoms with E-state index in [2.05, 4.69) is 15.1 Å². The molecule has 0 aliphatic heterocycles. The van der Waals surface area contributed by atoms with Gasteiger partial charge in [-0.25, -0.2) is 9.50 Å². The molecule has 0 saturated carbocycles. The third-order valence-corrected chi connectivity index (χ3v) is 3.90. The van der Waals surface area contributed by atoms with Gasteiger partial charge in [-0.05, 0) is 41.5 Å². The van der Waals surface area contributed by atoms with Crippen molar-refractivity contribution in [1.29, 1.82) is 0 Å². The lowest BCUT2D eigenvalue weighted by molar-refractivity contribution is 0.584. The smallest absolute Gasteiger partial charge is 0.212 e. The fourth-order valence-electron chi connectivity index (χ4n) is 2.73. The summed E-state index contributed by atoms with van der Waals surface area (Å²) < 4.78 is 15.0. The van der Waals surface area contributed by atoms with E-state index < -0.39 is 5.95 Å². The van der Waals surface area contributed by atoms with Crippen molar-refractivity contribution >= 4 is 5.52 Å². The predicted octanol–water partition coefficient (Wildman–Crippen LogP) is 3.06. The average Bonchev–Trinajstić information content (AvgIpc) is 3.01. The van der Waals surface area contributed by atoms with Crippen LogP contribution in [0.15, 0.2) is 61.2 Å². The first kappa shape index (κ1) is 14.5. The van der Waals surface area contributed by atoms with Crippen molar-refractivity contribution in [3.8, 4) is 22.4 Å². The summed E-state index contributed by atoms with van der Waals surface area (Å²) in [6.07, 6.45) is 6.87. The first-order valence-electron chi connectivity index (χ1n) is 7.50. The van der Waals surface area contributed by atoms with Gasteiger partial charge in [0.15, 0.2) is 0 Å². The maximum Gasteiger partial charge on any atom is 0.212 e. The standard InChI is InChI=1S/C18H14FN5/c19-16-4-2-14(10-22-16)18-17(13-5-7-21-8-6-13)15-3-1-12(9-20)11-24(15)23-18/h1-8,10-11H,9,20H2. The van der Waals surface area contributed by atoms with Crippen LogP contribution in [0.4, 0.5) is 4.39 Å². The second kappa shape index (κ2) is 5.82. The summed E-state index contributed by atoms with van der Waals surface area (Å²) in [4.78, 5) is 7.82. The number of pyridine rings is 3. The second-order valence-corrected chi connectivity index (χ2v) is 5.40. The van der Waals surface area contributed by atoms with Gasteiger partial charge in [0.2, 0.25) is 5.95 Å². The van der Waals surface area contributed by atoms with Gasteiger partial charge in [-0.15, -0.1) is 0 Å². The van der Waals surface area contributed by atoms with Crippen LogP contribution in [-0.4, -0.2) is 19.6 Å². The van der Waals surface area contributed by atoms with E-state index in [0.717, 1.165) is 33.5 Å². The lowest BCUT2D eigenvalue weighted by atomic mass is 10.0. The van der Waals surface area contributed by atoms with Crippen LogP contribution in [-0.2, 0) is 6.54 Å². The topological polar surface area (TPSA) is 69.1 Å². The molecule has 4 heterocycles. The van der Waals surface area contributed by atoms with Gasteiger partial charge in [-0.2, -0.15) is 9.49 Å². The van der Waals surface area contributed by atoms with Crippen molar-refractivity contribution < 1.29 is 4.39 Å². The number of aromatic nitrogens is 4. The molecule has 4 aromatic rings. The van der Waals surface area contributed by atoms with Gasteiger partial charge in [-0.1, -0.05) is 6.07 Å². The fourth-order valence-corrected chi connectivity index (χ4v) is 2.73. The van der Waals surface area contributed by atoms with Gasteiger partial charge in [-0.3, -0.25) is 4.98 Å². The molecule has 5 nitrogen and oxygen atoms in total. The van der Waals surface area contributed by atoms with Gasteiger partial charge in [0.05, 0.1) is 5.52 Å². The van der Waals surface area contributed by atoms with Gasteiger partial charge >= 0.3 is 0 Å². The van der Waals surface area contributed by atoms with Crippen molar-refractivity contribution in [2.45, 2.75) is 6.54 Å². The molecule has 6 heteroatoms. The molecule has 0 spiro atoms. The number of rotatable bonds is 3. The average molecular weight is 319 g/mol. The Morgan fingerprint density at radius 1 is 1.00 bits per heavy atom. The molecule has 0 amide bonds. The lowest BCUT2D eigenvalue weighted by Gasteiger charge is -2.03. The molecule has 2 N–H and O–H groups in total. The molecular formula is C18H14FN5. The van der Waals surface area contributed by atoms with Crippen molar-refractivity contribution in [1.82, 2.24) is 19.6 Å². The number of nitrogens with two attached hydrogens (primary N) is 1. The molecule has 4 rings (SSSR count). The van der Waals surface area contributed by atoms with E-state index in [1.54, 1.807) is 23.0 Å². The summed E-state index contributed by atoms with van der Waals surface area (Å²) >= 11 is 0. The monoisotopic (exact) mass is 319 g/mol. The van der Waals surface area contributed by atoms with Crippen LogP contribution in [0.1, 0.15) is 5.56 Å². The maximum atomic E-state index is 13.2. The number of hydrogen-bond donors (Lipinski definition) is 1. The third-order valence-electron chi connectivity index (χ3n) is 3.90. The molecule has 118 valence electrons. The summed E-state index contributed by atoms with van der Waals surface area (Å²) in [6.45, 7) is 0.438. The minimum absolute atomic E-state index is 0.438. The normalized spacial score (nSPS) is 11.1. The van der Waals surface area contributed by atoms with E-state index in [9.17, 15) is 4.39 Å². The summed E-state index contributed by atoms with van der Waals surface area (Å²) in [5.41, 5.74) is 11.1. The van der Waals surface area contributed by atoms with Crippen LogP contribution < -0.4 is 5.73 Å². The summed E-state index contributed by atoms with van der Waals surface area (Å²) in [5.74, 6) is -0.515. The molecule has 0 aliphatic rings.